The number of aliphatic hydroxyl groups is 1. The Labute approximate surface area is 182 Å². The Kier molecular flexibility index (Phi) is 11.9. The third-order valence-corrected chi connectivity index (χ3v) is 4.50. The minimum Gasteiger partial charge on any atom is -0.490 e. The van der Waals surface area contributed by atoms with Crippen LogP contribution in [0.2, 0.25) is 0 Å². The van der Waals surface area contributed by atoms with E-state index < -0.39 is 11.9 Å². The van der Waals surface area contributed by atoms with E-state index in [1.54, 1.807) is 0 Å². The van der Waals surface area contributed by atoms with Crippen LogP contribution in [-0.4, -0.2) is 62.6 Å². The van der Waals surface area contributed by atoms with Crippen LogP contribution in [-0.2, 0) is 9.59 Å². The quantitative estimate of drug-likeness (QED) is 0.544. The number of piperidine rings is 1. The van der Waals surface area contributed by atoms with Gasteiger partial charge in [0.1, 0.15) is 18.2 Å². The molecule has 31 heavy (non-hydrogen) atoms. The minimum atomic E-state index is -0.833. The summed E-state index contributed by atoms with van der Waals surface area (Å²) in [5.74, 6) is 0.0512. The molecule has 172 valence electrons. The molecule has 0 radical (unpaired) electrons. The fraction of sp³-hybridized carbons (Fsp3) is 0.500. The summed E-state index contributed by atoms with van der Waals surface area (Å²) < 4.78 is 7.96. The van der Waals surface area contributed by atoms with E-state index in [0.29, 0.717) is 18.7 Å². The molecule has 1 fully saturated rings. The smallest absolute Gasteiger partial charge is 0.300 e. The molecule has 0 amide bonds. The van der Waals surface area contributed by atoms with Gasteiger partial charge in [-0.25, -0.2) is 4.98 Å². The van der Waals surface area contributed by atoms with Gasteiger partial charge in [0.15, 0.2) is 0 Å². The normalized spacial score (nSPS) is 17.4. The number of para-hydroxylation sites is 1. The van der Waals surface area contributed by atoms with Crippen LogP contribution >= 0.6 is 0 Å². The molecule has 1 aliphatic heterocycles. The second-order valence-electron chi connectivity index (χ2n) is 7.00. The molecule has 4 N–H and O–H groups in total. The van der Waals surface area contributed by atoms with Gasteiger partial charge in [-0.05, 0) is 37.9 Å². The predicted molar refractivity (Wildman–Crippen MR) is 117 cm³/mol. The number of nitrogens with zero attached hydrogens (tertiary/aromatic N) is 2. The average molecular weight is 436 g/mol. The van der Waals surface area contributed by atoms with E-state index in [2.05, 4.69) is 28.0 Å². The zero-order valence-corrected chi connectivity index (χ0v) is 18.3. The van der Waals surface area contributed by atoms with E-state index in [4.69, 9.17) is 29.6 Å². The summed E-state index contributed by atoms with van der Waals surface area (Å²) in [6.07, 6.45) is 7.32. The first-order valence-electron chi connectivity index (χ1n) is 10.3. The number of carboxylic acids is 2. The number of carbonyl (C=O) groups is 2. The van der Waals surface area contributed by atoms with Crippen molar-refractivity contribution in [3.05, 3.63) is 36.7 Å². The van der Waals surface area contributed by atoms with Crippen LogP contribution in [0.25, 0.3) is 11.4 Å². The highest BCUT2D eigenvalue weighted by atomic mass is 16.5. The van der Waals surface area contributed by atoms with Crippen molar-refractivity contribution in [2.75, 3.05) is 19.8 Å². The standard InChI is InChI=1S/C18H25N3O2.2C2H4O2/c1-2-14-13-15(7-8-19-14)21-10-9-20-18(21)16-5-3-4-6-17(16)23-12-11-22;2*1-2(3)4/h3-6,9-10,14-15,19,22H,2,7-8,11-13H2,1H3;2*1H3,(H,3,4)/t14-,15+;;/m0../s1. The number of aliphatic carboxylic acids is 2. The molecule has 0 saturated carbocycles. The maximum atomic E-state index is 9.01. The SMILES string of the molecule is CC(=O)O.CC(=O)O.CC[C@H]1C[C@H](n2ccnc2-c2ccccc2OCCO)CCN1. The lowest BCUT2D eigenvalue weighted by Crippen LogP contribution is -2.38. The van der Waals surface area contributed by atoms with Gasteiger partial charge < -0.3 is 29.9 Å². The molecule has 9 heteroatoms. The zero-order chi connectivity index (χ0) is 23.2. The number of carboxylic acid groups (broad SMARTS) is 2. The van der Waals surface area contributed by atoms with Gasteiger partial charge in [-0.2, -0.15) is 0 Å². The monoisotopic (exact) mass is 435 g/mol. The van der Waals surface area contributed by atoms with Gasteiger partial charge in [-0.15, -0.1) is 0 Å². The van der Waals surface area contributed by atoms with Crippen LogP contribution in [0.5, 0.6) is 5.75 Å². The summed E-state index contributed by atoms with van der Waals surface area (Å²) in [5, 5.41) is 27.4. The number of aliphatic hydroxyl groups excluding tert-OH is 1. The Balaban J connectivity index is 0.000000519. The zero-order valence-electron chi connectivity index (χ0n) is 18.3. The Morgan fingerprint density at radius 2 is 1.87 bits per heavy atom. The number of aromatic nitrogens is 2. The van der Waals surface area contributed by atoms with E-state index in [1.807, 2.05) is 30.5 Å². The summed E-state index contributed by atoms with van der Waals surface area (Å²) >= 11 is 0. The number of hydrogen-bond acceptors (Lipinski definition) is 6. The molecule has 1 saturated heterocycles. The molecule has 9 nitrogen and oxygen atoms in total. The fourth-order valence-electron chi connectivity index (χ4n) is 3.30. The first-order valence-corrected chi connectivity index (χ1v) is 10.3. The van der Waals surface area contributed by atoms with Crippen LogP contribution in [0.1, 0.15) is 46.1 Å². The van der Waals surface area contributed by atoms with Gasteiger partial charge in [-0.3, -0.25) is 9.59 Å². The van der Waals surface area contributed by atoms with E-state index in [1.165, 1.54) is 0 Å². The summed E-state index contributed by atoms with van der Waals surface area (Å²) in [5.41, 5.74) is 0.984. The van der Waals surface area contributed by atoms with Crippen LogP contribution < -0.4 is 10.1 Å². The Morgan fingerprint density at radius 3 is 2.48 bits per heavy atom. The maximum absolute atomic E-state index is 9.01. The first-order chi connectivity index (χ1) is 14.8. The highest BCUT2D eigenvalue weighted by Crippen LogP contribution is 2.33. The molecule has 2 aromatic rings. The Bertz CT molecular complexity index is 788. The maximum Gasteiger partial charge on any atom is 0.300 e. The van der Waals surface area contributed by atoms with Crippen molar-refractivity contribution in [1.29, 1.82) is 0 Å². The molecule has 0 spiro atoms. The van der Waals surface area contributed by atoms with Crippen molar-refractivity contribution >= 4 is 11.9 Å². The Morgan fingerprint density at radius 1 is 1.23 bits per heavy atom. The third-order valence-electron chi connectivity index (χ3n) is 4.50. The average Bonchev–Trinajstić information content (AvgIpc) is 3.21. The van der Waals surface area contributed by atoms with Crippen LogP contribution in [0.15, 0.2) is 36.7 Å². The van der Waals surface area contributed by atoms with Gasteiger partial charge >= 0.3 is 0 Å². The van der Waals surface area contributed by atoms with Crippen LogP contribution in [0.3, 0.4) is 0 Å². The Hall–Kier alpha value is -2.91. The van der Waals surface area contributed by atoms with Crippen molar-refractivity contribution in [1.82, 2.24) is 14.9 Å². The number of hydrogen-bond donors (Lipinski definition) is 4. The molecular formula is C22H33N3O6. The molecule has 2 atom stereocenters. The number of rotatable bonds is 6. The lowest BCUT2D eigenvalue weighted by atomic mass is 9.97. The lowest BCUT2D eigenvalue weighted by molar-refractivity contribution is -0.135. The number of ether oxygens (including phenoxy) is 1. The highest BCUT2D eigenvalue weighted by molar-refractivity contribution is 5.64. The van der Waals surface area contributed by atoms with E-state index >= 15 is 0 Å². The second-order valence-corrected chi connectivity index (χ2v) is 7.00. The van der Waals surface area contributed by atoms with E-state index in [0.717, 1.165) is 56.8 Å². The fourth-order valence-corrected chi connectivity index (χ4v) is 3.30. The first kappa shape index (κ1) is 26.1. The van der Waals surface area contributed by atoms with Crippen molar-refractivity contribution in [3.63, 3.8) is 0 Å². The summed E-state index contributed by atoms with van der Waals surface area (Å²) in [7, 11) is 0. The van der Waals surface area contributed by atoms with Gasteiger partial charge in [0, 0.05) is 38.3 Å². The van der Waals surface area contributed by atoms with Gasteiger partial charge in [0.25, 0.3) is 11.9 Å². The predicted octanol–water partition coefficient (Wildman–Crippen LogP) is 2.81. The van der Waals surface area contributed by atoms with Crippen molar-refractivity contribution in [3.8, 4) is 17.1 Å². The van der Waals surface area contributed by atoms with Gasteiger partial charge in [0.2, 0.25) is 0 Å². The third kappa shape index (κ3) is 9.63. The summed E-state index contributed by atoms with van der Waals surface area (Å²) in [4.78, 5) is 22.6. The second kappa shape index (κ2) is 14.2. The number of nitrogens with one attached hydrogen (secondary N) is 1. The van der Waals surface area contributed by atoms with Gasteiger partial charge in [-0.1, -0.05) is 19.1 Å². The van der Waals surface area contributed by atoms with Crippen molar-refractivity contribution < 1.29 is 29.6 Å². The van der Waals surface area contributed by atoms with E-state index in [-0.39, 0.29) is 6.61 Å². The molecular weight excluding hydrogens is 402 g/mol. The molecule has 0 unspecified atom stereocenters. The number of benzene rings is 1. The molecule has 1 aromatic carbocycles. The molecule has 3 rings (SSSR count). The van der Waals surface area contributed by atoms with Crippen LogP contribution in [0.4, 0.5) is 0 Å². The van der Waals surface area contributed by atoms with Crippen molar-refractivity contribution in [2.24, 2.45) is 0 Å². The molecule has 2 heterocycles. The summed E-state index contributed by atoms with van der Waals surface area (Å²) in [6, 6.07) is 8.94. The van der Waals surface area contributed by atoms with Crippen molar-refractivity contribution in [2.45, 2.75) is 52.1 Å². The topological polar surface area (TPSA) is 134 Å². The molecule has 0 bridgehead atoms. The number of imidazole rings is 1. The van der Waals surface area contributed by atoms with Gasteiger partial charge in [0.05, 0.1) is 12.2 Å². The molecule has 0 aliphatic carbocycles. The minimum absolute atomic E-state index is 0.00918. The summed E-state index contributed by atoms with van der Waals surface area (Å²) in [6.45, 7) is 5.74. The van der Waals surface area contributed by atoms with E-state index in [9.17, 15) is 0 Å². The largest absolute Gasteiger partial charge is 0.490 e. The lowest BCUT2D eigenvalue weighted by Gasteiger charge is -2.31. The van der Waals surface area contributed by atoms with Crippen LogP contribution in [0, 0.1) is 0 Å². The molecule has 1 aliphatic rings. The molecule has 1 aromatic heterocycles. The highest BCUT2D eigenvalue weighted by Gasteiger charge is 2.24.